The number of ketones is 1. The van der Waals surface area contributed by atoms with Crippen LogP contribution in [0.25, 0.3) is 0 Å². The average molecular weight is 412 g/mol. The van der Waals surface area contributed by atoms with Gasteiger partial charge in [0.1, 0.15) is 11.6 Å². The summed E-state index contributed by atoms with van der Waals surface area (Å²) in [6.07, 6.45) is 1.85. The Morgan fingerprint density at radius 1 is 1.03 bits per heavy atom. The lowest BCUT2D eigenvalue weighted by molar-refractivity contribution is -0.116. The molecule has 0 unspecified atom stereocenters. The van der Waals surface area contributed by atoms with Crippen molar-refractivity contribution in [2.45, 2.75) is 26.3 Å². The highest BCUT2D eigenvalue weighted by Gasteiger charge is 2.12. The molecule has 0 atom stereocenters. The van der Waals surface area contributed by atoms with E-state index in [1.54, 1.807) is 41.2 Å². The van der Waals surface area contributed by atoms with Gasteiger partial charge in [0.2, 0.25) is 5.91 Å². The van der Waals surface area contributed by atoms with Gasteiger partial charge in [-0.15, -0.1) is 0 Å². The Hall–Kier alpha value is -3.12. The first-order chi connectivity index (χ1) is 14.0. The molecule has 0 aliphatic rings. The number of rotatable bonds is 9. The van der Waals surface area contributed by atoms with Crippen molar-refractivity contribution >= 4 is 29.1 Å². The number of amides is 1. The number of Topliss-reactive ketones (excluding diaryl/α,β-unsaturated/α-hetero) is 1. The molecule has 1 heterocycles. The number of carbonyl (C=O) groups excluding carboxylic acids is 2. The molecule has 0 radical (unpaired) electrons. The van der Waals surface area contributed by atoms with Crippen molar-refractivity contribution in [3.05, 3.63) is 76.9 Å². The molecule has 29 heavy (non-hydrogen) atoms. The zero-order chi connectivity index (χ0) is 20.6. The van der Waals surface area contributed by atoms with Gasteiger partial charge in [-0.2, -0.15) is 5.10 Å². The third-order valence-electron chi connectivity index (χ3n) is 4.30. The van der Waals surface area contributed by atoms with Crippen molar-refractivity contribution in [2.24, 2.45) is 0 Å². The van der Waals surface area contributed by atoms with Gasteiger partial charge in [0, 0.05) is 29.5 Å². The highest BCUT2D eigenvalue weighted by molar-refractivity contribution is 6.30. The van der Waals surface area contributed by atoms with Gasteiger partial charge >= 0.3 is 0 Å². The van der Waals surface area contributed by atoms with E-state index in [-0.39, 0.29) is 24.5 Å². The summed E-state index contributed by atoms with van der Waals surface area (Å²) in [5.41, 5.74) is 1.58. The second-order valence-electron chi connectivity index (χ2n) is 6.43. The fourth-order valence-corrected chi connectivity index (χ4v) is 2.93. The Labute approximate surface area is 174 Å². The topological polar surface area (TPSA) is 73.2 Å². The molecule has 0 saturated heterocycles. The van der Waals surface area contributed by atoms with Gasteiger partial charge in [-0.25, -0.2) is 4.68 Å². The van der Waals surface area contributed by atoms with Crippen LogP contribution in [0.4, 0.5) is 5.82 Å². The minimum atomic E-state index is -0.234. The molecule has 0 bridgehead atoms. The van der Waals surface area contributed by atoms with Crippen LogP contribution in [-0.2, 0) is 11.3 Å². The highest BCUT2D eigenvalue weighted by Crippen LogP contribution is 2.16. The van der Waals surface area contributed by atoms with E-state index < -0.39 is 0 Å². The van der Waals surface area contributed by atoms with Crippen LogP contribution in [0.2, 0.25) is 5.02 Å². The van der Waals surface area contributed by atoms with Crippen LogP contribution in [0.1, 0.15) is 35.7 Å². The Balaban J connectivity index is 1.52. The van der Waals surface area contributed by atoms with E-state index in [1.807, 2.05) is 31.2 Å². The lowest BCUT2D eigenvalue weighted by atomic mass is 10.1. The van der Waals surface area contributed by atoms with E-state index in [0.717, 1.165) is 11.3 Å². The average Bonchev–Trinajstić information content (AvgIpc) is 3.15. The number of carbonyl (C=O) groups is 2. The molecule has 3 rings (SSSR count). The van der Waals surface area contributed by atoms with Crippen LogP contribution in [-0.4, -0.2) is 28.1 Å². The predicted octanol–water partition coefficient (Wildman–Crippen LogP) is 4.59. The first-order valence-corrected chi connectivity index (χ1v) is 9.75. The van der Waals surface area contributed by atoms with E-state index in [1.165, 1.54) is 0 Å². The molecule has 0 fully saturated rings. The summed E-state index contributed by atoms with van der Waals surface area (Å²) in [6, 6.07) is 16.1. The largest absolute Gasteiger partial charge is 0.494 e. The molecule has 0 spiro atoms. The fraction of sp³-hybridized carbons (Fsp3) is 0.227. The summed E-state index contributed by atoms with van der Waals surface area (Å²) in [7, 11) is 0. The second-order valence-corrected chi connectivity index (χ2v) is 6.87. The normalized spacial score (nSPS) is 10.6. The first-order valence-electron chi connectivity index (χ1n) is 9.37. The number of halogens is 1. The number of nitrogens with zero attached hydrogens (tertiary/aromatic N) is 2. The van der Waals surface area contributed by atoms with Crippen LogP contribution in [0.15, 0.2) is 60.8 Å². The van der Waals surface area contributed by atoms with Gasteiger partial charge < -0.3 is 10.1 Å². The Morgan fingerprint density at radius 3 is 2.45 bits per heavy atom. The van der Waals surface area contributed by atoms with E-state index in [2.05, 4.69) is 10.4 Å². The Morgan fingerprint density at radius 2 is 1.76 bits per heavy atom. The summed E-state index contributed by atoms with van der Waals surface area (Å²) in [5, 5.41) is 7.73. The van der Waals surface area contributed by atoms with Crippen molar-refractivity contribution in [2.75, 3.05) is 11.9 Å². The van der Waals surface area contributed by atoms with Gasteiger partial charge in [0.25, 0.3) is 0 Å². The number of aromatic nitrogens is 2. The minimum Gasteiger partial charge on any atom is -0.494 e. The maximum Gasteiger partial charge on any atom is 0.225 e. The number of anilines is 1. The monoisotopic (exact) mass is 411 g/mol. The molecule has 150 valence electrons. The number of benzene rings is 2. The molecule has 0 aliphatic carbocycles. The quantitative estimate of drug-likeness (QED) is 0.523. The number of hydrogen-bond donors (Lipinski definition) is 1. The maximum atomic E-state index is 12.3. The van der Waals surface area contributed by atoms with Crippen LogP contribution < -0.4 is 10.1 Å². The second kappa shape index (κ2) is 9.89. The third kappa shape index (κ3) is 5.93. The van der Waals surface area contributed by atoms with Crippen molar-refractivity contribution < 1.29 is 14.3 Å². The van der Waals surface area contributed by atoms with Gasteiger partial charge in [0.15, 0.2) is 5.78 Å². The fourth-order valence-electron chi connectivity index (χ4n) is 2.81. The molecule has 1 amide bonds. The van der Waals surface area contributed by atoms with Crippen LogP contribution in [0, 0.1) is 0 Å². The summed E-state index contributed by atoms with van der Waals surface area (Å²) in [6.45, 7) is 2.98. The summed E-state index contributed by atoms with van der Waals surface area (Å²) in [5.74, 6) is 0.981. The molecule has 0 aliphatic heterocycles. The molecule has 0 saturated carbocycles. The number of hydrogen-bond acceptors (Lipinski definition) is 4. The molecule has 2 aromatic carbocycles. The summed E-state index contributed by atoms with van der Waals surface area (Å²) >= 11 is 5.91. The molecule has 6 nitrogen and oxygen atoms in total. The van der Waals surface area contributed by atoms with E-state index >= 15 is 0 Å². The molecule has 1 N–H and O–H groups in total. The van der Waals surface area contributed by atoms with Gasteiger partial charge in [-0.3, -0.25) is 9.59 Å². The van der Waals surface area contributed by atoms with Crippen molar-refractivity contribution in [1.29, 1.82) is 0 Å². The molecule has 3 aromatic rings. The number of nitrogens with one attached hydrogen (secondary N) is 1. The standard InChI is InChI=1S/C22H22ClN3O3/c1-2-29-19-9-5-17(6-10-19)20(27)11-12-22(28)25-21-13-14-24-26(21)15-16-3-7-18(23)8-4-16/h3-10,13-14H,2,11-12,15H2,1H3,(H,25,28). The zero-order valence-corrected chi connectivity index (χ0v) is 16.9. The van der Waals surface area contributed by atoms with Crippen LogP contribution in [0.3, 0.4) is 0 Å². The minimum absolute atomic E-state index is 0.0853. The van der Waals surface area contributed by atoms with Crippen molar-refractivity contribution in [3.63, 3.8) is 0 Å². The van der Waals surface area contributed by atoms with E-state index in [9.17, 15) is 9.59 Å². The maximum absolute atomic E-state index is 12.3. The first kappa shape index (κ1) is 20.6. The van der Waals surface area contributed by atoms with E-state index in [4.69, 9.17) is 16.3 Å². The van der Waals surface area contributed by atoms with Crippen molar-refractivity contribution in [1.82, 2.24) is 9.78 Å². The molecular formula is C22H22ClN3O3. The SMILES string of the molecule is CCOc1ccc(C(=O)CCC(=O)Nc2ccnn2Cc2ccc(Cl)cc2)cc1. The summed E-state index contributed by atoms with van der Waals surface area (Å²) in [4.78, 5) is 24.6. The van der Waals surface area contributed by atoms with Crippen LogP contribution >= 0.6 is 11.6 Å². The Kier molecular flexibility index (Phi) is 7.03. The highest BCUT2D eigenvalue weighted by atomic mass is 35.5. The molecule has 1 aromatic heterocycles. The molecule has 7 heteroatoms. The lowest BCUT2D eigenvalue weighted by Crippen LogP contribution is -2.17. The van der Waals surface area contributed by atoms with Gasteiger partial charge in [-0.05, 0) is 48.9 Å². The van der Waals surface area contributed by atoms with Gasteiger partial charge in [-0.1, -0.05) is 23.7 Å². The number of ether oxygens (including phenoxy) is 1. The third-order valence-corrected chi connectivity index (χ3v) is 4.55. The van der Waals surface area contributed by atoms with Crippen molar-refractivity contribution in [3.8, 4) is 5.75 Å². The predicted molar refractivity (Wildman–Crippen MR) is 113 cm³/mol. The summed E-state index contributed by atoms with van der Waals surface area (Å²) < 4.78 is 7.06. The smallest absolute Gasteiger partial charge is 0.225 e. The van der Waals surface area contributed by atoms with E-state index in [0.29, 0.717) is 29.6 Å². The zero-order valence-electron chi connectivity index (χ0n) is 16.1. The van der Waals surface area contributed by atoms with Gasteiger partial charge in [0.05, 0.1) is 19.3 Å². The lowest BCUT2D eigenvalue weighted by Gasteiger charge is -2.09. The molecular weight excluding hydrogens is 390 g/mol. The van der Waals surface area contributed by atoms with Crippen LogP contribution in [0.5, 0.6) is 5.75 Å². The Bertz CT molecular complexity index is 966.